The number of hydrogen-bond acceptors (Lipinski definition) is 3. The number of carbonyl (C=O) groups is 1. The van der Waals surface area contributed by atoms with Gasteiger partial charge in [0.1, 0.15) is 5.82 Å². The van der Waals surface area contributed by atoms with Gasteiger partial charge in [0.05, 0.1) is 5.69 Å². The van der Waals surface area contributed by atoms with Crippen LogP contribution < -0.4 is 15.5 Å². The smallest absolute Gasteiger partial charge is 0.216 e. The van der Waals surface area contributed by atoms with Crippen molar-refractivity contribution in [1.82, 2.24) is 10.6 Å². The zero-order valence-corrected chi connectivity index (χ0v) is 12.8. The summed E-state index contributed by atoms with van der Waals surface area (Å²) in [7, 11) is 1.85. The molecule has 0 aromatic heterocycles. The molecule has 0 radical (unpaired) electrons. The van der Waals surface area contributed by atoms with Crippen LogP contribution in [0.5, 0.6) is 0 Å². The van der Waals surface area contributed by atoms with E-state index in [1.807, 2.05) is 19.2 Å². The van der Waals surface area contributed by atoms with Crippen molar-refractivity contribution in [2.75, 3.05) is 31.6 Å². The molecule has 4 nitrogen and oxygen atoms in total. The third-order valence-electron chi connectivity index (χ3n) is 3.99. The zero-order valence-electron chi connectivity index (χ0n) is 12.8. The quantitative estimate of drug-likeness (QED) is 0.871. The third-order valence-corrected chi connectivity index (χ3v) is 3.99. The van der Waals surface area contributed by atoms with E-state index in [1.54, 1.807) is 6.07 Å². The molecule has 5 heteroatoms. The molecule has 2 rings (SSSR count). The summed E-state index contributed by atoms with van der Waals surface area (Å²) < 4.78 is 14.2. The summed E-state index contributed by atoms with van der Waals surface area (Å²) in [4.78, 5) is 13.0. The first-order valence-electron chi connectivity index (χ1n) is 7.52. The minimum Gasteiger partial charge on any atom is -0.369 e. The summed E-state index contributed by atoms with van der Waals surface area (Å²) in [5.74, 6) is 0.364. The van der Waals surface area contributed by atoms with Crippen LogP contribution in [-0.4, -0.2) is 32.6 Å². The Morgan fingerprint density at radius 1 is 1.38 bits per heavy atom. The van der Waals surface area contributed by atoms with E-state index < -0.39 is 0 Å². The largest absolute Gasteiger partial charge is 0.369 e. The van der Waals surface area contributed by atoms with E-state index in [0.717, 1.165) is 38.0 Å². The summed E-state index contributed by atoms with van der Waals surface area (Å²) in [6.45, 7) is 4.62. The number of carbonyl (C=O) groups excluding carboxylic acids is 1. The van der Waals surface area contributed by atoms with Crippen molar-refractivity contribution >= 4 is 11.6 Å². The van der Waals surface area contributed by atoms with Gasteiger partial charge in [0, 0.05) is 33.1 Å². The van der Waals surface area contributed by atoms with Crippen LogP contribution in [-0.2, 0) is 11.3 Å². The lowest BCUT2D eigenvalue weighted by Crippen LogP contribution is -2.38. The van der Waals surface area contributed by atoms with Crippen LogP contribution >= 0.6 is 0 Å². The number of benzene rings is 1. The Kier molecular flexibility index (Phi) is 5.56. The highest BCUT2D eigenvalue weighted by molar-refractivity contribution is 5.72. The second-order valence-electron chi connectivity index (χ2n) is 5.68. The van der Waals surface area contributed by atoms with Gasteiger partial charge in [-0.1, -0.05) is 6.07 Å². The van der Waals surface area contributed by atoms with Gasteiger partial charge < -0.3 is 15.5 Å². The number of nitrogens with zero attached hydrogens (tertiary/aromatic N) is 1. The van der Waals surface area contributed by atoms with Gasteiger partial charge in [0.15, 0.2) is 0 Å². The van der Waals surface area contributed by atoms with Gasteiger partial charge in [-0.3, -0.25) is 4.79 Å². The fourth-order valence-corrected chi connectivity index (χ4v) is 2.79. The maximum Gasteiger partial charge on any atom is 0.216 e. The number of amides is 1. The van der Waals surface area contributed by atoms with Gasteiger partial charge in [-0.2, -0.15) is 0 Å². The van der Waals surface area contributed by atoms with Crippen LogP contribution in [0.3, 0.4) is 0 Å². The van der Waals surface area contributed by atoms with Crippen molar-refractivity contribution in [3.05, 3.63) is 29.6 Å². The van der Waals surface area contributed by atoms with E-state index in [0.29, 0.717) is 18.2 Å². The number of piperidine rings is 1. The molecule has 1 amide bonds. The van der Waals surface area contributed by atoms with E-state index in [4.69, 9.17) is 0 Å². The summed E-state index contributed by atoms with van der Waals surface area (Å²) in [6, 6.07) is 5.45. The molecule has 0 bridgehead atoms. The topological polar surface area (TPSA) is 44.4 Å². The van der Waals surface area contributed by atoms with E-state index in [-0.39, 0.29) is 11.7 Å². The van der Waals surface area contributed by atoms with Gasteiger partial charge in [-0.05, 0) is 43.5 Å². The first-order valence-corrected chi connectivity index (χ1v) is 7.52. The van der Waals surface area contributed by atoms with Gasteiger partial charge >= 0.3 is 0 Å². The van der Waals surface area contributed by atoms with Crippen molar-refractivity contribution < 1.29 is 9.18 Å². The van der Waals surface area contributed by atoms with Gasteiger partial charge in [0.2, 0.25) is 5.91 Å². The molecule has 0 saturated carbocycles. The lowest BCUT2D eigenvalue weighted by molar-refractivity contribution is -0.119. The van der Waals surface area contributed by atoms with Gasteiger partial charge in [-0.25, -0.2) is 4.39 Å². The summed E-state index contributed by atoms with van der Waals surface area (Å²) in [6.07, 6.45) is 1.97. The van der Waals surface area contributed by atoms with Crippen molar-refractivity contribution in [2.45, 2.75) is 26.3 Å². The Labute approximate surface area is 125 Å². The number of rotatable bonds is 5. The molecule has 1 saturated heterocycles. The lowest BCUT2D eigenvalue weighted by Gasteiger charge is -2.34. The highest BCUT2D eigenvalue weighted by Gasteiger charge is 2.21. The molecule has 1 aromatic rings. The van der Waals surface area contributed by atoms with Crippen molar-refractivity contribution in [3.8, 4) is 0 Å². The molecular weight excluding hydrogens is 269 g/mol. The van der Waals surface area contributed by atoms with E-state index in [9.17, 15) is 9.18 Å². The Balaban J connectivity index is 1.91. The van der Waals surface area contributed by atoms with Crippen LogP contribution in [0.4, 0.5) is 10.1 Å². The molecule has 2 N–H and O–H groups in total. The predicted octanol–water partition coefficient (Wildman–Crippen LogP) is 1.90. The highest BCUT2D eigenvalue weighted by Crippen LogP contribution is 2.26. The Bertz CT molecular complexity index is 484. The fourth-order valence-electron chi connectivity index (χ4n) is 2.79. The van der Waals surface area contributed by atoms with Crippen LogP contribution in [0.1, 0.15) is 25.3 Å². The van der Waals surface area contributed by atoms with E-state index in [1.165, 1.54) is 6.92 Å². The Hall–Kier alpha value is -1.62. The maximum absolute atomic E-state index is 14.2. The monoisotopic (exact) mass is 293 g/mol. The molecular formula is C16H24FN3O. The SMILES string of the molecule is CNCc1ccc(N2CCC(CNC(C)=O)CC2)c(F)c1. The van der Waals surface area contributed by atoms with E-state index >= 15 is 0 Å². The molecule has 1 fully saturated rings. The summed E-state index contributed by atoms with van der Waals surface area (Å²) in [5, 5.41) is 5.89. The molecule has 116 valence electrons. The normalized spacial score (nSPS) is 16.0. The van der Waals surface area contributed by atoms with E-state index in [2.05, 4.69) is 15.5 Å². The van der Waals surface area contributed by atoms with Gasteiger partial charge in [0.25, 0.3) is 0 Å². The summed E-state index contributed by atoms with van der Waals surface area (Å²) in [5.41, 5.74) is 1.65. The second kappa shape index (κ2) is 7.41. The molecule has 0 spiro atoms. The number of nitrogens with one attached hydrogen (secondary N) is 2. The second-order valence-corrected chi connectivity index (χ2v) is 5.68. The Morgan fingerprint density at radius 2 is 2.10 bits per heavy atom. The fraction of sp³-hybridized carbons (Fsp3) is 0.562. The highest BCUT2D eigenvalue weighted by atomic mass is 19.1. The first kappa shape index (κ1) is 15.8. The third kappa shape index (κ3) is 4.43. The minimum absolute atomic E-state index is 0.0172. The molecule has 1 aliphatic rings. The number of anilines is 1. The van der Waals surface area contributed by atoms with Crippen LogP contribution in [0.2, 0.25) is 0 Å². The Morgan fingerprint density at radius 3 is 2.67 bits per heavy atom. The average Bonchev–Trinajstić information content (AvgIpc) is 2.46. The van der Waals surface area contributed by atoms with Crippen molar-refractivity contribution in [3.63, 3.8) is 0 Å². The van der Waals surface area contributed by atoms with Crippen LogP contribution in [0.25, 0.3) is 0 Å². The standard InChI is InChI=1S/C16H24FN3O/c1-12(21)19-11-13-5-7-20(8-6-13)16-4-3-14(10-18-2)9-15(16)17/h3-4,9,13,18H,5-8,10-11H2,1-2H3,(H,19,21). The molecule has 0 unspecified atom stereocenters. The van der Waals surface area contributed by atoms with Crippen LogP contribution in [0.15, 0.2) is 18.2 Å². The average molecular weight is 293 g/mol. The maximum atomic E-state index is 14.2. The first-order chi connectivity index (χ1) is 10.1. The van der Waals surface area contributed by atoms with Crippen molar-refractivity contribution in [2.24, 2.45) is 5.92 Å². The molecule has 1 heterocycles. The molecule has 0 aliphatic carbocycles. The van der Waals surface area contributed by atoms with Crippen LogP contribution in [0, 0.1) is 11.7 Å². The lowest BCUT2D eigenvalue weighted by atomic mass is 9.96. The predicted molar refractivity (Wildman–Crippen MR) is 82.8 cm³/mol. The molecule has 1 aromatic carbocycles. The van der Waals surface area contributed by atoms with Crippen molar-refractivity contribution in [1.29, 1.82) is 0 Å². The number of halogens is 1. The molecule has 0 atom stereocenters. The molecule has 21 heavy (non-hydrogen) atoms. The number of hydrogen-bond donors (Lipinski definition) is 2. The zero-order chi connectivity index (χ0) is 15.2. The molecule has 1 aliphatic heterocycles. The van der Waals surface area contributed by atoms with Gasteiger partial charge in [-0.15, -0.1) is 0 Å². The summed E-state index contributed by atoms with van der Waals surface area (Å²) >= 11 is 0. The minimum atomic E-state index is -0.150.